The van der Waals surface area contributed by atoms with Gasteiger partial charge in [-0.15, -0.1) is 0 Å². The first kappa shape index (κ1) is 22.7. The van der Waals surface area contributed by atoms with Gasteiger partial charge in [0.05, 0.1) is 18.0 Å². The van der Waals surface area contributed by atoms with Gasteiger partial charge < -0.3 is 4.74 Å². The molecule has 0 amide bonds. The molecule has 0 fully saturated rings. The molecule has 4 rings (SSSR count). The lowest BCUT2D eigenvalue weighted by atomic mass is 9.89. The van der Waals surface area contributed by atoms with E-state index < -0.39 is 0 Å². The van der Waals surface area contributed by atoms with E-state index in [0.717, 1.165) is 36.2 Å². The Balaban J connectivity index is 1.47. The van der Waals surface area contributed by atoms with Gasteiger partial charge in [-0.05, 0) is 60.9 Å². The van der Waals surface area contributed by atoms with E-state index in [2.05, 4.69) is 36.4 Å². The molecule has 3 aromatic carbocycles. The van der Waals surface area contributed by atoms with E-state index in [1.54, 1.807) is 6.07 Å². The Morgan fingerprint density at radius 2 is 1.52 bits per heavy atom. The molecule has 168 valence electrons. The summed E-state index contributed by atoms with van der Waals surface area (Å²) in [5.41, 5.74) is 5.06. The monoisotopic (exact) mass is 438 g/mol. The molecule has 0 radical (unpaired) electrons. The van der Waals surface area contributed by atoms with Gasteiger partial charge in [-0.3, -0.25) is 4.79 Å². The molecule has 0 saturated heterocycles. The Morgan fingerprint density at radius 3 is 2.21 bits per heavy atom. The second kappa shape index (κ2) is 11.4. The summed E-state index contributed by atoms with van der Waals surface area (Å²) in [6, 6.07) is 32.1. The topological polar surface area (TPSA) is 44.1 Å². The third-order valence-corrected chi connectivity index (χ3v) is 5.89. The summed E-state index contributed by atoms with van der Waals surface area (Å²) in [6.07, 6.45) is 2.73. The first-order valence-electron chi connectivity index (χ1n) is 11.5. The van der Waals surface area contributed by atoms with Gasteiger partial charge in [-0.1, -0.05) is 78.9 Å². The number of para-hydroxylation sites is 1. The molecule has 4 aromatic rings. The van der Waals surface area contributed by atoms with E-state index in [1.807, 2.05) is 61.5 Å². The normalized spacial score (nSPS) is 11.9. The molecular formula is C29H30N2O2. The highest BCUT2D eigenvalue weighted by Crippen LogP contribution is 2.26. The van der Waals surface area contributed by atoms with Gasteiger partial charge in [0.1, 0.15) is 0 Å². The Labute approximate surface area is 195 Å². The van der Waals surface area contributed by atoms with E-state index in [9.17, 15) is 4.79 Å². The second-order valence-electron chi connectivity index (χ2n) is 8.35. The summed E-state index contributed by atoms with van der Waals surface area (Å²) in [7, 11) is 0. The molecule has 1 heterocycles. The van der Waals surface area contributed by atoms with Crippen molar-refractivity contribution in [3.63, 3.8) is 0 Å². The number of aromatic nitrogens is 2. The number of hydrogen-bond donors (Lipinski definition) is 0. The number of hydrogen-bond acceptors (Lipinski definition) is 3. The largest absolute Gasteiger partial charge is 0.377 e. The van der Waals surface area contributed by atoms with Crippen LogP contribution in [0.15, 0.2) is 102 Å². The van der Waals surface area contributed by atoms with Gasteiger partial charge >= 0.3 is 0 Å². The number of nitrogens with zero attached hydrogens (tertiary/aromatic N) is 2. The summed E-state index contributed by atoms with van der Waals surface area (Å²) in [5, 5.41) is 4.76. The van der Waals surface area contributed by atoms with E-state index in [-0.39, 0.29) is 5.56 Å². The Kier molecular flexibility index (Phi) is 7.83. The maximum absolute atomic E-state index is 12.6. The van der Waals surface area contributed by atoms with E-state index in [0.29, 0.717) is 19.1 Å². The molecule has 0 N–H and O–H groups in total. The van der Waals surface area contributed by atoms with Gasteiger partial charge in [0.25, 0.3) is 5.56 Å². The maximum Gasteiger partial charge on any atom is 0.271 e. The van der Waals surface area contributed by atoms with Crippen molar-refractivity contribution in [2.24, 2.45) is 0 Å². The molecule has 0 saturated carbocycles. The average Bonchev–Trinajstić information content (AvgIpc) is 2.86. The Bertz CT molecular complexity index is 1190. The quantitative estimate of drug-likeness (QED) is 0.291. The van der Waals surface area contributed by atoms with E-state index in [1.165, 1.54) is 15.8 Å². The van der Waals surface area contributed by atoms with Gasteiger partial charge in [0.2, 0.25) is 0 Å². The van der Waals surface area contributed by atoms with E-state index >= 15 is 0 Å². The number of aryl methyl sites for hydroxylation is 1. The minimum Gasteiger partial charge on any atom is -0.377 e. The predicted molar refractivity (Wildman–Crippen MR) is 133 cm³/mol. The molecule has 0 spiro atoms. The molecule has 33 heavy (non-hydrogen) atoms. The molecule has 0 aliphatic heterocycles. The first-order valence-corrected chi connectivity index (χ1v) is 11.5. The fourth-order valence-electron chi connectivity index (χ4n) is 4.08. The lowest BCUT2D eigenvalue weighted by Crippen LogP contribution is -2.23. The van der Waals surface area contributed by atoms with Crippen LogP contribution in [0.1, 0.15) is 41.1 Å². The van der Waals surface area contributed by atoms with E-state index in [4.69, 9.17) is 9.84 Å². The van der Waals surface area contributed by atoms with Crippen LogP contribution in [0.25, 0.3) is 5.69 Å². The van der Waals surface area contributed by atoms with Crippen molar-refractivity contribution < 1.29 is 4.74 Å². The van der Waals surface area contributed by atoms with Crippen LogP contribution in [-0.4, -0.2) is 16.4 Å². The zero-order valence-corrected chi connectivity index (χ0v) is 19.1. The lowest BCUT2D eigenvalue weighted by molar-refractivity contribution is 0.116. The van der Waals surface area contributed by atoms with Crippen LogP contribution >= 0.6 is 0 Å². The number of rotatable bonds is 10. The van der Waals surface area contributed by atoms with Gasteiger partial charge in [-0.2, -0.15) is 9.78 Å². The molecule has 1 aromatic heterocycles. The minimum atomic E-state index is -0.104. The zero-order chi connectivity index (χ0) is 22.9. The number of ether oxygens (including phenoxy) is 1. The van der Waals surface area contributed by atoms with Crippen molar-refractivity contribution >= 4 is 0 Å². The molecule has 1 unspecified atom stereocenters. The highest BCUT2D eigenvalue weighted by molar-refractivity contribution is 5.32. The molecule has 1 atom stereocenters. The number of benzene rings is 3. The van der Waals surface area contributed by atoms with Crippen molar-refractivity contribution in [3.05, 3.63) is 130 Å². The Hall–Kier alpha value is -3.50. The van der Waals surface area contributed by atoms with Crippen molar-refractivity contribution in [2.45, 2.75) is 38.7 Å². The summed E-state index contributed by atoms with van der Waals surface area (Å²) >= 11 is 0. The first-order chi connectivity index (χ1) is 16.2. The van der Waals surface area contributed by atoms with Crippen LogP contribution in [0.3, 0.4) is 0 Å². The third kappa shape index (κ3) is 6.27. The summed E-state index contributed by atoms with van der Waals surface area (Å²) in [5.74, 6) is 0.305. The molecular weight excluding hydrogens is 408 g/mol. The minimum absolute atomic E-state index is 0.104. The highest BCUT2D eigenvalue weighted by atomic mass is 16.5. The van der Waals surface area contributed by atoms with Crippen LogP contribution in [-0.2, 0) is 17.8 Å². The standard InChI is InChI=1S/C29H30N2O2/c1-23-20-29(32)31(27-17-9-4-10-18-27)30-28(23)21-26(25-14-7-3-8-15-25)16-11-19-33-22-24-12-5-2-6-13-24/h2-10,12-15,17-18,20,26H,11,16,19,21-22H2,1H3. The van der Waals surface area contributed by atoms with Crippen molar-refractivity contribution in [1.29, 1.82) is 0 Å². The highest BCUT2D eigenvalue weighted by Gasteiger charge is 2.16. The predicted octanol–water partition coefficient (Wildman–Crippen LogP) is 5.86. The molecule has 0 bridgehead atoms. The van der Waals surface area contributed by atoms with Crippen molar-refractivity contribution in [3.8, 4) is 5.69 Å². The van der Waals surface area contributed by atoms with Gasteiger partial charge in [0.15, 0.2) is 0 Å². The SMILES string of the molecule is Cc1cc(=O)n(-c2ccccc2)nc1CC(CCCOCc1ccccc1)c1ccccc1. The molecule has 0 aliphatic carbocycles. The van der Waals surface area contributed by atoms with Crippen LogP contribution in [0, 0.1) is 6.92 Å². The zero-order valence-electron chi connectivity index (χ0n) is 19.1. The lowest BCUT2D eigenvalue weighted by Gasteiger charge is -2.19. The molecule has 4 nitrogen and oxygen atoms in total. The fraction of sp³-hybridized carbons (Fsp3) is 0.241. The van der Waals surface area contributed by atoms with Crippen molar-refractivity contribution in [1.82, 2.24) is 9.78 Å². The molecule has 4 heteroatoms. The smallest absolute Gasteiger partial charge is 0.271 e. The maximum atomic E-state index is 12.6. The van der Waals surface area contributed by atoms with Crippen LogP contribution < -0.4 is 5.56 Å². The summed E-state index contributed by atoms with van der Waals surface area (Å²) < 4.78 is 7.42. The van der Waals surface area contributed by atoms with Crippen molar-refractivity contribution in [2.75, 3.05) is 6.61 Å². The average molecular weight is 439 g/mol. The second-order valence-corrected chi connectivity index (χ2v) is 8.35. The van der Waals surface area contributed by atoms with Crippen LogP contribution in [0.4, 0.5) is 0 Å². The summed E-state index contributed by atoms with van der Waals surface area (Å²) in [4.78, 5) is 12.6. The summed E-state index contributed by atoms with van der Waals surface area (Å²) in [6.45, 7) is 3.33. The Morgan fingerprint density at radius 1 is 0.879 bits per heavy atom. The third-order valence-electron chi connectivity index (χ3n) is 5.89. The van der Waals surface area contributed by atoms with Gasteiger partial charge in [-0.25, -0.2) is 0 Å². The van der Waals surface area contributed by atoms with Gasteiger partial charge in [0, 0.05) is 12.7 Å². The molecule has 0 aliphatic rings. The van der Waals surface area contributed by atoms with Crippen LogP contribution in [0.5, 0.6) is 0 Å². The van der Waals surface area contributed by atoms with Crippen LogP contribution in [0.2, 0.25) is 0 Å². The fourth-order valence-corrected chi connectivity index (χ4v) is 4.08.